The predicted octanol–water partition coefficient (Wildman–Crippen LogP) is 6.10. The molecule has 1 amide bonds. The van der Waals surface area contributed by atoms with Gasteiger partial charge in [0, 0.05) is 15.7 Å². The molecular formula is C26H20BrNO3. The third kappa shape index (κ3) is 4.52. The van der Waals surface area contributed by atoms with Crippen LogP contribution >= 0.6 is 15.9 Å². The van der Waals surface area contributed by atoms with Gasteiger partial charge in [0.05, 0.1) is 17.9 Å². The van der Waals surface area contributed by atoms with Crippen LogP contribution in [0.2, 0.25) is 0 Å². The second kappa shape index (κ2) is 9.14. The number of amides is 1. The van der Waals surface area contributed by atoms with Crippen molar-refractivity contribution in [3.63, 3.8) is 0 Å². The smallest absolute Gasteiger partial charge is 0.338 e. The summed E-state index contributed by atoms with van der Waals surface area (Å²) in [5.74, 6) is -0.457. The second-order valence-corrected chi connectivity index (χ2v) is 7.87. The van der Waals surface area contributed by atoms with Crippen LogP contribution in [0.25, 0.3) is 11.8 Å². The zero-order chi connectivity index (χ0) is 21.8. The van der Waals surface area contributed by atoms with Gasteiger partial charge >= 0.3 is 5.97 Å². The summed E-state index contributed by atoms with van der Waals surface area (Å²) in [6, 6.07) is 24.5. The number of ether oxygens (including phenoxy) is 1. The summed E-state index contributed by atoms with van der Waals surface area (Å²) in [6.45, 7) is 2.11. The number of hydrogen-bond acceptors (Lipinski definition) is 3. The highest BCUT2D eigenvalue weighted by Gasteiger charge is 2.30. The van der Waals surface area contributed by atoms with Crippen LogP contribution in [0.15, 0.2) is 95.0 Å². The van der Waals surface area contributed by atoms with Crippen molar-refractivity contribution < 1.29 is 14.3 Å². The number of halogens is 1. The number of benzene rings is 3. The van der Waals surface area contributed by atoms with Crippen molar-refractivity contribution in [2.45, 2.75) is 6.92 Å². The van der Waals surface area contributed by atoms with Crippen molar-refractivity contribution in [1.82, 2.24) is 0 Å². The maximum atomic E-state index is 13.4. The van der Waals surface area contributed by atoms with Crippen LogP contribution in [-0.4, -0.2) is 18.5 Å². The number of carbonyl (C=O) groups excluding carboxylic acids is 2. The zero-order valence-corrected chi connectivity index (χ0v) is 18.5. The molecule has 0 unspecified atom stereocenters. The molecule has 0 radical (unpaired) electrons. The second-order valence-electron chi connectivity index (χ2n) is 6.95. The minimum Gasteiger partial charge on any atom is -0.462 e. The quantitative estimate of drug-likeness (QED) is 0.332. The number of nitrogens with zero attached hydrogens (tertiary/aromatic N) is 1. The lowest BCUT2D eigenvalue weighted by molar-refractivity contribution is -0.113. The van der Waals surface area contributed by atoms with Gasteiger partial charge in [0.1, 0.15) is 0 Å². The standard InChI is InChI=1S/C26H20BrNO3/c1-2-31-26(30)20-10-8-18(9-11-20)16-21-17-24(19-6-4-3-5-7-19)28(25(21)29)23-14-12-22(27)13-15-23/h3-17H,2H2,1H3/b21-16+. The largest absolute Gasteiger partial charge is 0.462 e. The van der Waals surface area contributed by atoms with E-state index in [1.165, 1.54) is 0 Å². The molecule has 154 valence electrons. The van der Waals surface area contributed by atoms with Gasteiger partial charge in [0.25, 0.3) is 5.91 Å². The van der Waals surface area contributed by atoms with Gasteiger partial charge in [0.2, 0.25) is 0 Å². The number of anilines is 1. The van der Waals surface area contributed by atoms with E-state index in [0.29, 0.717) is 17.7 Å². The van der Waals surface area contributed by atoms with E-state index in [2.05, 4.69) is 15.9 Å². The first-order valence-electron chi connectivity index (χ1n) is 9.93. The first-order chi connectivity index (χ1) is 15.1. The number of rotatable bonds is 5. The lowest BCUT2D eigenvalue weighted by atomic mass is 10.1. The van der Waals surface area contributed by atoms with Crippen molar-refractivity contribution in [1.29, 1.82) is 0 Å². The SMILES string of the molecule is CCOC(=O)c1ccc(/C=C2\C=C(c3ccccc3)N(c3ccc(Br)cc3)C2=O)cc1. The van der Waals surface area contributed by atoms with Gasteiger partial charge in [-0.3, -0.25) is 9.69 Å². The molecule has 31 heavy (non-hydrogen) atoms. The van der Waals surface area contributed by atoms with Crippen molar-refractivity contribution in [2.75, 3.05) is 11.5 Å². The highest BCUT2D eigenvalue weighted by atomic mass is 79.9. The van der Waals surface area contributed by atoms with E-state index in [-0.39, 0.29) is 11.9 Å². The molecular weight excluding hydrogens is 454 g/mol. The zero-order valence-electron chi connectivity index (χ0n) is 16.9. The summed E-state index contributed by atoms with van der Waals surface area (Å²) in [7, 11) is 0. The summed E-state index contributed by atoms with van der Waals surface area (Å²) in [5.41, 5.74) is 4.47. The molecule has 0 aliphatic carbocycles. The summed E-state index contributed by atoms with van der Waals surface area (Å²) < 4.78 is 5.97. The monoisotopic (exact) mass is 473 g/mol. The van der Waals surface area contributed by atoms with Crippen LogP contribution in [0.5, 0.6) is 0 Å². The molecule has 3 aromatic carbocycles. The molecule has 1 heterocycles. The van der Waals surface area contributed by atoms with Gasteiger partial charge in [-0.1, -0.05) is 58.4 Å². The number of hydrogen-bond donors (Lipinski definition) is 0. The maximum Gasteiger partial charge on any atom is 0.338 e. The topological polar surface area (TPSA) is 46.6 Å². The van der Waals surface area contributed by atoms with E-state index in [9.17, 15) is 9.59 Å². The summed E-state index contributed by atoms with van der Waals surface area (Å²) in [4.78, 5) is 26.9. The lowest BCUT2D eigenvalue weighted by Gasteiger charge is -2.21. The van der Waals surface area contributed by atoms with Gasteiger partial charge in [-0.05, 0) is 66.6 Å². The summed E-state index contributed by atoms with van der Waals surface area (Å²) in [5, 5.41) is 0. The minimum absolute atomic E-state index is 0.101. The first kappa shape index (κ1) is 20.8. The molecule has 0 saturated heterocycles. The third-order valence-electron chi connectivity index (χ3n) is 4.88. The molecule has 4 nitrogen and oxygen atoms in total. The highest BCUT2D eigenvalue weighted by molar-refractivity contribution is 9.10. The van der Waals surface area contributed by atoms with Crippen molar-refractivity contribution in [2.24, 2.45) is 0 Å². The minimum atomic E-state index is -0.355. The highest BCUT2D eigenvalue weighted by Crippen LogP contribution is 2.35. The van der Waals surface area contributed by atoms with Crippen molar-refractivity contribution >= 4 is 45.3 Å². The van der Waals surface area contributed by atoms with Crippen LogP contribution in [0.1, 0.15) is 28.4 Å². The maximum absolute atomic E-state index is 13.4. The average molecular weight is 474 g/mol. The van der Waals surface area contributed by atoms with Gasteiger partial charge in [-0.15, -0.1) is 0 Å². The Labute approximate surface area is 189 Å². The van der Waals surface area contributed by atoms with E-state index in [4.69, 9.17) is 4.74 Å². The molecule has 5 heteroatoms. The van der Waals surface area contributed by atoms with E-state index >= 15 is 0 Å². The fraction of sp³-hybridized carbons (Fsp3) is 0.0769. The van der Waals surface area contributed by atoms with Crippen LogP contribution < -0.4 is 4.90 Å². The van der Waals surface area contributed by atoms with Crippen LogP contribution in [0.3, 0.4) is 0 Å². The number of esters is 1. The summed E-state index contributed by atoms with van der Waals surface area (Å²) >= 11 is 3.45. The molecule has 0 spiro atoms. The van der Waals surface area contributed by atoms with Gasteiger partial charge < -0.3 is 4.74 Å². The molecule has 0 bridgehead atoms. The van der Waals surface area contributed by atoms with Crippen molar-refractivity contribution in [3.05, 3.63) is 112 Å². The fourth-order valence-electron chi connectivity index (χ4n) is 3.39. The molecule has 0 fully saturated rings. The van der Waals surface area contributed by atoms with Gasteiger partial charge in [-0.2, -0.15) is 0 Å². The van der Waals surface area contributed by atoms with Crippen LogP contribution in [-0.2, 0) is 9.53 Å². The van der Waals surface area contributed by atoms with Crippen molar-refractivity contribution in [3.8, 4) is 0 Å². The van der Waals surface area contributed by atoms with Crippen LogP contribution in [0.4, 0.5) is 5.69 Å². The molecule has 0 atom stereocenters. The Kier molecular flexibility index (Phi) is 6.14. The predicted molar refractivity (Wildman–Crippen MR) is 126 cm³/mol. The van der Waals surface area contributed by atoms with Gasteiger partial charge in [-0.25, -0.2) is 4.79 Å². The van der Waals surface area contributed by atoms with E-state index in [0.717, 1.165) is 27.0 Å². The molecule has 4 rings (SSSR count). The Morgan fingerprint density at radius 2 is 1.65 bits per heavy atom. The van der Waals surface area contributed by atoms with E-state index in [1.807, 2.05) is 78.9 Å². The fourth-order valence-corrected chi connectivity index (χ4v) is 3.66. The van der Waals surface area contributed by atoms with E-state index in [1.54, 1.807) is 24.0 Å². The third-order valence-corrected chi connectivity index (χ3v) is 5.41. The molecule has 0 saturated carbocycles. The molecule has 1 aliphatic heterocycles. The Bertz CT molecular complexity index is 1160. The molecule has 3 aromatic rings. The first-order valence-corrected chi connectivity index (χ1v) is 10.7. The normalized spacial score (nSPS) is 14.6. The average Bonchev–Trinajstić information content (AvgIpc) is 3.11. The lowest BCUT2D eigenvalue weighted by Crippen LogP contribution is -2.24. The number of carbonyl (C=O) groups is 2. The van der Waals surface area contributed by atoms with E-state index < -0.39 is 0 Å². The Morgan fingerprint density at radius 1 is 0.968 bits per heavy atom. The Balaban J connectivity index is 1.71. The van der Waals surface area contributed by atoms with Crippen LogP contribution in [0, 0.1) is 0 Å². The molecule has 0 N–H and O–H groups in total. The molecule has 0 aromatic heterocycles. The summed E-state index contributed by atoms with van der Waals surface area (Å²) in [6.07, 6.45) is 3.73. The molecule has 1 aliphatic rings. The Morgan fingerprint density at radius 3 is 2.29 bits per heavy atom. The van der Waals surface area contributed by atoms with Gasteiger partial charge in [0.15, 0.2) is 0 Å². The Hall–Kier alpha value is -3.44.